The third kappa shape index (κ3) is 4.04. The topological polar surface area (TPSA) is 63.4 Å². The van der Waals surface area contributed by atoms with Gasteiger partial charge in [0.2, 0.25) is 5.91 Å². The van der Waals surface area contributed by atoms with Crippen LogP contribution in [0.1, 0.15) is 35.9 Å². The lowest BCUT2D eigenvalue weighted by atomic mass is 9.90. The van der Waals surface area contributed by atoms with Gasteiger partial charge in [-0.25, -0.2) is 0 Å². The quantitative estimate of drug-likeness (QED) is 0.848. The third-order valence-corrected chi connectivity index (χ3v) is 4.68. The van der Waals surface area contributed by atoms with E-state index in [0.29, 0.717) is 19.4 Å². The Hall–Kier alpha value is -0.910. The summed E-state index contributed by atoms with van der Waals surface area (Å²) < 4.78 is 0. The number of rotatable bonds is 5. The van der Waals surface area contributed by atoms with Crippen LogP contribution < -0.4 is 5.73 Å². The van der Waals surface area contributed by atoms with Crippen molar-refractivity contribution >= 4 is 35.4 Å². The van der Waals surface area contributed by atoms with E-state index in [2.05, 4.69) is 6.92 Å². The van der Waals surface area contributed by atoms with Gasteiger partial charge < -0.3 is 10.6 Å². The minimum atomic E-state index is 0. The van der Waals surface area contributed by atoms with Gasteiger partial charge in [-0.1, -0.05) is 13.0 Å². The molecule has 0 aliphatic carbocycles. The maximum atomic E-state index is 12.1. The van der Waals surface area contributed by atoms with Crippen LogP contribution in [-0.4, -0.2) is 36.2 Å². The zero-order chi connectivity index (χ0) is 13.9. The summed E-state index contributed by atoms with van der Waals surface area (Å²) in [6, 6.07) is 3.66. The monoisotopic (exact) mass is 316 g/mol. The van der Waals surface area contributed by atoms with Crippen molar-refractivity contribution in [2.45, 2.75) is 26.2 Å². The largest absolute Gasteiger partial charge is 0.342 e. The molecule has 1 unspecified atom stereocenters. The molecule has 1 aliphatic heterocycles. The van der Waals surface area contributed by atoms with Crippen molar-refractivity contribution in [1.82, 2.24) is 4.90 Å². The van der Waals surface area contributed by atoms with E-state index in [1.165, 1.54) is 11.3 Å². The molecule has 1 amide bonds. The fourth-order valence-electron chi connectivity index (χ4n) is 2.34. The molecule has 1 fully saturated rings. The lowest BCUT2D eigenvalue weighted by Gasteiger charge is -2.22. The van der Waals surface area contributed by atoms with Crippen molar-refractivity contribution in [1.29, 1.82) is 0 Å². The van der Waals surface area contributed by atoms with Gasteiger partial charge in [-0.15, -0.1) is 23.7 Å². The lowest BCUT2D eigenvalue weighted by molar-refractivity contribution is -0.130. The normalized spacial score (nSPS) is 21.6. The number of hydrogen-bond donors (Lipinski definition) is 1. The molecule has 2 rings (SSSR count). The highest BCUT2D eigenvalue weighted by Gasteiger charge is 2.34. The maximum Gasteiger partial charge on any atom is 0.223 e. The first-order chi connectivity index (χ1) is 9.04. The Kier molecular flexibility index (Phi) is 6.17. The van der Waals surface area contributed by atoms with E-state index in [-0.39, 0.29) is 29.5 Å². The van der Waals surface area contributed by atoms with Gasteiger partial charge in [-0.2, -0.15) is 0 Å². The standard InChI is InChI=1S/C14H20N2O2S.ClH/c1-14(9-15)6-7-16(10-14)13(18)5-4-11(17)12-3-2-8-19-12;/h2-3,8H,4-7,9-10,15H2,1H3;1H. The molecule has 1 aromatic heterocycles. The summed E-state index contributed by atoms with van der Waals surface area (Å²) in [6.45, 7) is 4.19. The Morgan fingerprint density at radius 3 is 2.75 bits per heavy atom. The summed E-state index contributed by atoms with van der Waals surface area (Å²) in [6.07, 6.45) is 1.56. The van der Waals surface area contributed by atoms with Gasteiger partial charge in [0, 0.05) is 25.9 Å². The Labute approximate surface area is 129 Å². The molecule has 0 radical (unpaired) electrons. The first-order valence-corrected chi connectivity index (χ1v) is 7.47. The number of ketones is 1. The van der Waals surface area contributed by atoms with Crippen molar-refractivity contribution in [3.05, 3.63) is 22.4 Å². The number of nitrogens with two attached hydrogens (primary N) is 1. The first-order valence-electron chi connectivity index (χ1n) is 6.59. The number of likely N-dealkylation sites (tertiary alicyclic amines) is 1. The molecule has 0 bridgehead atoms. The molecule has 0 aromatic carbocycles. The molecule has 1 aromatic rings. The SMILES string of the molecule is CC1(CN)CCN(C(=O)CCC(=O)c2cccs2)C1.Cl. The molecule has 0 spiro atoms. The van der Waals surface area contributed by atoms with Gasteiger partial charge in [0.25, 0.3) is 0 Å². The van der Waals surface area contributed by atoms with Crippen LogP contribution in [0.25, 0.3) is 0 Å². The van der Waals surface area contributed by atoms with Gasteiger partial charge in [0.15, 0.2) is 5.78 Å². The van der Waals surface area contributed by atoms with E-state index in [1.807, 2.05) is 16.3 Å². The average Bonchev–Trinajstić information content (AvgIpc) is 3.05. The number of Topliss-reactive ketones (excluding diaryl/α,β-unsaturated/α-hetero) is 1. The molecule has 0 saturated carbocycles. The van der Waals surface area contributed by atoms with Gasteiger partial charge in [-0.05, 0) is 29.8 Å². The van der Waals surface area contributed by atoms with Gasteiger partial charge in [-0.3, -0.25) is 9.59 Å². The summed E-state index contributed by atoms with van der Waals surface area (Å²) in [7, 11) is 0. The maximum absolute atomic E-state index is 12.1. The van der Waals surface area contributed by atoms with Gasteiger partial charge in [0.05, 0.1) is 4.88 Å². The zero-order valence-electron chi connectivity index (χ0n) is 11.6. The molecular weight excluding hydrogens is 296 g/mol. The molecule has 1 aliphatic rings. The highest BCUT2D eigenvalue weighted by molar-refractivity contribution is 7.12. The average molecular weight is 317 g/mol. The molecule has 4 nitrogen and oxygen atoms in total. The van der Waals surface area contributed by atoms with E-state index in [1.54, 1.807) is 6.07 Å². The third-order valence-electron chi connectivity index (χ3n) is 3.77. The highest BCUT2D eigenvalue weighted by Crippen LogP contribution is 2.29. The van der Waals surface area contributed by atoms with E-state index in [9.17, 15) is 9.59 Å². The van der Waals surface area contributed by atoms with Crippen LogP contribution in [0.15, 0.2) is 17.5 Å². The lowest BCUT2D eigenvalue weighted by Crippen LogP contribution is -2.34. The minimum Gasteiger partial charge on any atom is -0.342 e. The molecule has 2 N–H and O–H groups in total. The molecule has 1 atom stereocenters. The summed E-state index contributed by atoms with van der Waals surface area (Å²) in [5.41, 5.74) is 5.78. The second-order valence-electron chi connectivity index (χ2n) is 5.48. The van der Waals surface area contributed by atoms with E-state index >= 15 is 0 Å². The molecule has 1 saturated heterocycles. The van der Waals surface area contributed by atoms with E-state index in [0.717, 1.165) is 24.4 Å². The van der Waals surface area contributed by atoms with Crippen LogP contribution in [0.4, 0.5) is 0 Å². The van der Waals surface area contributed by atoms with E-state index < -0.39 is 0 Å². The Balaban J connectivity index is 0.00000200. The van der Waals surface area contributed by atoms with Crippen LogP contribution >= 0.6 is 23.7 Å². The zero-order valence-corrected chi connectivity index (χ0v) is 13.3. The molecule has 112 valence electrons. The van der Waals surface area contributed by atoms with Crippen LogP contribution in [0, 0.1) is 5.41 Å². The van der Waals surface area contributed by atoms with Crippen LogP contribution in [-0.2, 0) is 4.79 Å². The van der Waals surface area contributed by atoms with Crippen molar-refractivity contribution in [3.63, 3.8) is 0 Å². The van der Waals surface area contributed by atoms with Crippen molar-refractivity contribution in [3.8, 4) is 0 Å². The van der Waals surface area contributed by atoms with E-state index in [4.69, 9.17) is 5.73 Å². The minimum absolute atomic E-state index is 0. The number of carbonyl (C=O) groups excluding carboxylic acids is 2. The van der Waals surface area contributed by atoms with Crippen LogP contribution in [0.3, 0.4) is 0 Å². The number of carbonyl (C=O) groups is 2. The number of hydrogen-bond acceptors (Lipinski definition) is 4. The predicted molar refractivity (Wildman–Crippen MR) is 83.5 cm³/mol. The highest BCUT2D eigenvalue weighted by atomic mass is 35.5. The number of amides is 1. The molecule has 2 heterocycles. The molecule has 6 heteroatoms. The number of thiophene rings is 1. The fraction of sp³-hybridized carbons (Fsp3) is 0.571. The summed E-state index contributed by atoms with van der Waals surface area (Å²) in [5, 5.41) is 1.88. The summed E-state index contributed by atoms with van der Waals surface area (Å²) in [4.78, 5) is 26.5. The summed E-state index contributed by atoms with van der Waals surface area (Å²) in [5.74, 6) is 0.131. The molecule has 20 heavy (non-hydrogen) atoms. The molecular formula is C14H21ClN2O2S. The predicted octanol–water partition coefficient (Wildman–Crippen LogP) is 2.33. The van der Waals surface area contributed by atoms with Gasteiger partial charge in [0.1, 0.15) is 0 Å². The second kappa shape index (κ2) is 7.20. The second-order valence-corrected chi connectivity index (χ2v) is 6.43. The van der Waals surface area contributed by atoms with Crippen molar-refractivity contribution in [2.75, 3.05) is 19.6 Å². The van der Waals surface area contributed by atoms with Gasteiger partial charge >= 0.3 is 0 Å². The van der Waals surface area contributed by atoms with Crippen molar-refractivity contribution in [2.24, 2.45) is 11.1 Å². The Bertz CT molecular complexity index is 464. The Morgan fingerprint density at radius 1 is 1.45 bits per heavy atom. The van der Waals surface area contributed by atoms with Crippen LogP contribution in [0.5, 0.6) is 0 Å². The van der Waals surface area contributed by atoms with Crippen LogP contribution in [0.2, 0.25) is 0 Å². The smallest absolute Gasteiger partial charge is 0.223 e. The first kappa shape index (κ1) is 17.1. The number of halogens is 1. The Morgan fingerprint density at radius 2 is 2.20 bits per heavy atom. The summed E-state index contributed by atoms with van der Waals surface area (Å²) >= 11 is 1.43. The number of nitrogens with zero attached hydrogens (tertiary/aromatic N) is 1. The fourth-order valence-corrected chi connectivity index (χ4v) is 3.04. The van der Waals surface area contributed by atoms with Crippen molar-refractivity contribution < 1.29 is 9.59 Å².